The number of H-pyrrole nitrogens is 1. The van der Waals surface area contributed by atoms with Crippen LogP contribution in [0.25, 0.3) is 22.0 Å². The maximum atomic E-state index is 15.6. The van der Waals surface area contributed by atoms with Crippen LogP contribution in [0.1, 0.15) is 46.6 Å². The van der Waals surface area contributed by atoms with Gasteiger partial charge in [0.2, 0.25) is 11.8 Å². The van der Waals surface area contributed by atoms with Gasteiger partial charge in [-0.1, -0.05) is 30.3 Å². The Morgan fingerprint density at radius 2 is 1.86 bits per heavy atom. The van der Waals surface area contributed by atoms with E-state index in [4.69, 9.17) is 4.74 Å². The number of hydrogen-bond acceptors (Lipinski definition) is 5. The largest absolute Gasteiger partial charge is 0.381 e. The Bertz CT molecular complexity index is 1740. The Labute approximate surface area is 250 Å². The van der Waals surface area contributed by atoms with Crippen LogP contribution >= 0.6 is 0 Å². The molecule has 3 atom stereocenters. The Balaban J connectivity index is 1.15. The predicted molar refractivity (Wildman–Crippen MR) is 156 cm³/mol. The fourth-order valence-electron chi connectivity index (χ4n) is 6.09. The van der Waals surface area contributed by atoms with E-state index in [-0.39, 0.29) is 35.3 Å². The molecule has 2 aromatic heterocycles. The third-order valence-corrected chi connectivity index (χ3v) is 8.26. The van der Waals surface area contributed by atoms with Gasteiger partial charge in [0.25, 0.3) is 11.8 Å². The summed E-state index contributed by atoms with van der Waals surface area (Å²) in [6.45, 7) is 0.518. The molecule has 1 aliphatic heterocycles. The minimum Gasteiger partial charge on any atom is -0.381 e. The van der Waals surface area contributed by atoms with E-state index in [0.29, 0.717) is 11.3 Å². The summed E-state index contributed by atoms with van der Waals surface area (Å²) in [4.78, 5) is 48.1. The molecule has 12 heteroatoms. The highest BCUT2D eigenvalue weighted by Crippen LogP contribution is 2.50. The van der Waals surface area contributed by atoms with E-state index in [1.54, 1.807) is 37.5 Å². The third kappa shape index (κ3) is 5.19. The summed E-state index contributed by atoms with van der Waals surface area (Å²) >= 11 is 0. The van der Waals surface area contributed by atoms with Gasteiger partial charge in [0.15, 0.2) is 5.67 Å². The SMILES string of the molecule is COC[C@@]1(F)C[C@@H](C(=O)N[C@H](C)c2cc3cnccc3[nH]2)N(C(=O)CNC(=O)c2ccc3c(c2)-c2ccccc2C3(F)F)C1. The number of benzene rings is 2. The second kappa shape index (κ2) is 11.1. The van der Waals surface area contributed by atoms with E-state index in [2.05, 4.69) is 20.6 Å². The van der Waals surface area contributed by atoms with Gasteiger partial charge in [-0.05, 0) is 42.3 Å². The standard InChI is InChI=1S/C32H30F3N5O4/c1-18(26-12-20-14-36-10-9-25(20)39-26)38-30(43)27-13-31(33,17-44-2)16-40(27)28(41)15-37-29(42)19-7-8-24-22(11-19)21-5-3-4-6-23(21)32(24,34)35/h3-12,14,18,27,39H,13,15-17H2,1-2H3,(H,37,42)(H,38,43)/t18-,27+,31-/m1/s1. The van der Waals surface area contributed by atoms with E-state index in [1.165, 1.54) is 37.4 Å². The van der Waals surface area contributed by atoms with Crippen LogP contribution < -0.4 is 10.6 Å². The molecule has 0 radical (unpaired) electrons. The Morgan fingerprint density at radius 1 is 1.09 bits per heavy atom. The number of pyridine rings is 1. The van der Waals surface area contributed by atoms with Gasteiger partial charge in [-0.15, -0.1) is 0 Å². The van der Waals surface area contributed by atoms with Crippen molar-refractivity contribution in [1.82, 2.24) is 25.5 Å². The van der Waals surface area contributed by atoms with Crippen molar-refractivity contribution in [2.24, 2.45) is 0 Å². The highest BCUT2D eigenvalue weighted by atomic mass is 19.3. The summed E-state index contributed by atoms with van der Waals surface area (Å²) in [5.41, 5.74) is -0.0957. The number of carbonyl (C=O) groups excluding carboxylic acids is 3. The van der Waals surface area contributed by atoms with E-state index in [0.717, 1.165) is 15.8 Å². The number of rotatable bonds is 8. The fourth-order valence-corrected chi connectivity index (χ4v) is 6.09. The molecule has 3 heterocycles. The van der Waals surface area contributed by atoms with Crippen molar-refractivity contribution in [3.8, 4) is 11.1 Å². The molecular weight excluding hydrogens is 575 g/mol. The van der Waals surface area contributed by atoms with Gasteiger partial charge in [0, 0.05) is 59.2 Å². The summed E-state index contributed by atoms with van der Waals surface area (Å²) in [6, 6.07) is 12.0. The first-order chi connectivity index (χ1) is 21.0. The number of aromatic amines is 1. The lowest BCUT2D eigenvalue weighted by molar-refractivity contribution is -0.138. The topological polar surface area (TPSA) is 116 Å². The first-order valence-corrected chi connectivity index (χ1v) is 14.1. The summed E-state index contributed by atoms with van der Waals surface area (Å²) in [6.07, 6.45) is 3.05. The van der Waals surface area contributed by atoms with Crippen molar-refractivity contribution in [2.75, 3.05) is 26.8 Å². The molecule has 44 heavy (non-hydrogen) atoms. The molecule has 1 fully saturated rings. The van der Waals surface area contributed by atoms with Gasteiger partial charge < -0.3 is 25.3 Å². The van der Waals surface area contributed by atoms with Gasteiger partial charge in [0.1, 0.15) is 6.04 Å². The van der Waals surface area contributed by atoms with Gasteiger partial charge in [-0.3, -0.25) is 19.4 Å². The normalized spacial score (nSPS) is 20.7. The van der Waals surface area contributed by atoms with Crippen LogP contribution in [0.3, 0.4) is 0 Å². The van der Waals surface area contributed by atoms with Gasteiger partial charge in [0.05, 0.1) is 25.7 Å². The van der Waals surface area contributed by atoms with Crippen molar-refractivity contribution >= 4 is 28.6 Å². The highest BCUT2D eigenvalue weighted by molar-refractivity contribution is 5.99. The van der Waals surface area contributed by atoms with E-state index in [1.807, 2.05) is 6.07 Å². The molecule has 1 saturated heterocycles. The molecule has 9 nitrogen and oxygen atoms in total. The molecule has 228 valence electrons. The second-order valence-electron chi connectivity index (χ2n) is 11.3. The van der Waals surface area contributed by atoms with E-state index < -0.39 is 54.5 Å². The number of halogens is 3. The molecule has 0 spiro atoms. The van der Waals surface area contributed by atoms with Crippen LogP contribution in [-0.2, 0) is 20.2 Å². The van der Waals surface area contributed by atoms with Gasteiger partial charge in [-0.25, -0.2) is 4.39 Å². The third-order valence-electron chi connectivity index (χ3n) is 8.26. The molecule has 2 aliphatic rings. The first-order valence-electron chi connectivity index (χ1n) is 14.1. The summed E-state index contributed by atoms with van der Waals surface area (Å²) in [7, 11) is 1.33. The van der Waals surface area contributed by atoms with Crippen molar-refractivity contribution in [1.29, 1.82) is 0 Å². The number of hydrogen-bond donors (Lipinski definition) is 3. The lowest BCUT2D eigenvalue weighted by atomic mass is 10.0. The maximum absolute atomic E-state index is 15.6. The number of aromatic nitrogens is 2. The number of nitrogens with zero attached hydrogens (tertiary/aromatic N) is 2. The number of likely N-dealkylation sites (tertiary alicyclic amines) is 1. The van der Waals surface area contributed by atoms with E-state index >= 15 is 4.39 Å². The van der Waals surface area contributed by atoms with Crippen LogP contribution in [0.2, 0.25) is 0 Å². The monoisotopic (exact) mass is 605 g/mol. The minimum atomic E-state index is -3.19. The summed E-state index contributed by atoms with van der Waals surface area (Å²) in [5, 5.41) is 6.21. The van der Waals surface area contributed by atoms with Crippen molar-refractivity contribution in [2.45, 2.75) is 37.0 Å². The van der Waals surface area contributed by atoms with Crippen molar-refractivity contribution < 1.29 is 32.3 Å². The molecule has 4 aromatic rings. The Kier molecular flexibility index (Phi) is 7.40. The molecular formula is C32H30F3N5O4. The van der Waals surface area contributed by atoms with Crippen LogP contribution in [0.5, 0.6) is 0 Å². The lowest BCUT2D eigenvalue weighted by Gasteiger charge is -2.25. The average molecular weight is 606 g/mol. The zero-order chi connectivity index (χ0) is 31.2. The van der Waals surface area contributed by atoms with Crippen LogP contribution in [0.15, 0.2) is 67.0 Å². The zero-order valence-corrected chi connectivity index (χ0v) is 24.0. The van der Waals surface area contributed by atoms with Crippen molar-refractivity contribution in [3.63, 3.8) is 0 Å². The van der Waals surface area contributed by atoms with Crippen molar-refractivity contribution in [3.05, 3.63) is 89.4 Å². The number of nitrogens with one attached hydrogen (secondary N) is 3. The molecule has 2 aromatic carbocycles. The van der Waals surface area contributed by atoms with Crippen LogP contribution in [0.4, 0.5) is 13.2 Å². The maximum Gasteiger partial charge on any atom is 0.299 e. The van der Waals surface area contributed by atoms with Crippen LogP contribution in [0, 0.1) is 0 Å². The average Bonchev–Trinajstić information content (AvgIpc) is 3.67. The molecule has 0 saturated carbocycles. The zero-order valence-electron chi connectivity index (χ0n) is 24.0. The number of carbonyl (C=O) groups is 3. The second-order valence-corrected chi connectivity index (χ2v) is 11.3. The Morgan fingerprint density at radius 3 is 2.64 bits per heavy atom. The summed E-state index contributed by atoms with van der Waals surface area (Å²) in [5.74, 6) is -5.08. The molecule has 0 unspecified atom stereocenters. The Hall–Kier alpha value is -4.71. The number of amides is 3. The van der Waals surface area contributed by atoms with Crippen LogP contribution in [-0.4, -0.2) is 71.1 Å². The minimum absolute atomic E-state index is 0.0846. The number of alkyl halides is 3. The molecule has 1 aliphatic carbocycles. The molecule has 3 amide bonds. The number of fused-ring (bicyclic) bond motifs is 4. The predicted octanol–water partition coefficient (Wildman–Crippen LogP) is 4.25. The van der Waals surface area contributed by atoms with Gasteiger partial charge in [-0.2, -0.15) is 8.78 Å². The highest BCUT2D eigenvalue weighted by Gasteiger charge is 2.50. The molecule has 3 N–H and O–H groups in total. The fraction of sp³-hybridized carbons (Fsp3) is 0.312. The number of ether oxygens (including phenoxy) is 1. The smallest absolute Gasteiger partial charge is 0.299 e. The lowest BCUT2D eigenvalue weighted by Crippen LogP contribution is -2.49. The summed E-state index contributed by atoms with van der Waals surface area (Å²) < 4.78 is 50.5. The first kappa shape index (κ1) is 29.4. The quantitative estimate of drug-likeness (QED) is 0.278. The molecule has 6 rings (SSSR count). The van der Waals surface area contributed by atoms with E-state index in [9.17, 15) is 23.2 Å². The number of methoxy groups -OCH3 is 1. The van der Waals surface area contributed by atoms with Gasteiger partial charge >= 0.3 is 0 Å². The molecule has 0 bridgehead atoms.